The van der Waals surface area contributed by atoms with Gasteiger partial charge in [0.2, 0.25) is 5.91 Å². The van der Waals surface area contributed by atoms with E-state index in [1.807, 2.05) is 42.2 Å². The lowest BCUT2D eigenvalue weighted by atomic mass is 10.2. The van der Waals surface area contributed by atoms with Crippen LogP contribution in [0, 0.1) is 6.92 Å². The minimum absolute atomic E-state index is 0.0640. The zero-order chi connectivity index (χ0) is 16.9. The van der Waals surface area contributed by atoms with Crippen LogP contribution in [-0.2, 0) is 11.3 Å². The van der Waals surface area contributed by atoms with Crippen LogP contribution in [0.15, 0.2) is 35.7 Å². The van der Waals surface area contributed by atoms with Gasteiger partial charge in [-0.25, -0.2) is 4.98 Å². The Bertz CT molecular complexity index is 718. The van der Waals surface area contributed by atoms with E-state index in [0.717, 1.165) is 49.0 Å². The zero-order valence-corrected chi connectivity index (χ0v) is 15.2. The Labute approximate surface area is 151 Å². The van der Waals surface area contributed by atoms with Crippen molar-refractivity contribution in [1.82, 2.24) is 14.8 Å². The van der Waals surface area contributed by atoms with Gasteiger partial charge in [0.15, 0.2) is 0 Å². The highest BCUT2D eigenvalue weighted by atomic mass is 35.5. The highest BCUT2D eigenvalue weighted by Crippen LogP contribution is 2.13. The molecular weight excluding hydrogens is 342 g/mol. The largest absolute Gasteiger partial charge is 0.337 e. The molecule has 1 saturated heterocycles. The van der Waals surface area contributed by atoms with Gasteiger partial charge in [-0.3, -0.25) is 9.69 Å². The number of aryl methyl sites for hydroxylation is 1. The van der Waals surface area contributed by atoms with Crippen molar-refractivity contribution in [2.75, 3.05) is 26.2 Å². The number of carbonyl (C=O) groups is 1. The first-order chi connectivity index (χ1) is 11.6. The van der Waals surface area contributed by atoms with E-state index in [4.69, 9.17) is 11.6 Å². The van der Waals surface area contributed by atoms with Gasteiger partial charge in [-0.2, -0.15) is 0 Å². The van der Waals surface area contributed by atoms with Gasteiger partial charge in [-0.05, 0) is 30.7 Å². The quantitative estimate of drug-likeness (QED) is 0.782. The topological polar surface area (TPSA) is 36.4 Å². The molecule has 0 bridgehead atoms. The Morgan fingerprint density at radius 3 is 2.58 bits per heavy atom. The number of nitrogens with zero attached hydrogens (tertiary/aromatic N) is 3. The number of amides is 1. The first-order valence-corrected chi connectivity index (χ1v) is 9.22. The monoisotopic (exact) mass is 361 g/mol. The fraction of sp³-hybridized carbons (Fsp3) is 0.333. The van der Waals surface area contributed by atoms with E-state index < -0.39 is 0 Å². The number of rotatable bonds is 4. The normalized spacial score (nSPS) is 16.0. The molecule has 0 radical (unpaired) electrons. The minimum atomic E-state index is 0.0640. The van der Waals surface area contributed by atoms with Gasteiger partial charge in [0, 0.05) is 49.2 Å². The van der Waals surface area contributed by atoms with Crippen molar-refractivity contribution < 1.29 is 4.79 Å². The van der Waals surface area contributed by atoms with Crippen LogP contribution in [0.4, 0.5) is 0 Å². The molecule has 0 aliphatic carbocycles. The van der Waals surface area contributed by atoms with Crippen molar-refractivity contribution >= 4 is 34.9 Å². The molecular formula is C18H20ClN3OS. The van der Waals surface area contributed by atoms with Gasteiger partial charge in [0.05, 0.1) is 10.7 Å². The summed E-state index contributed by atoms with van der Waals surface area (Å²) in [5.74, 6) is 0.0640. The first-order valence-electron chi connectivity index (χ1n) is 7.96. The number of carbonyl (C=O) groups excluding carboxylic acids is 1. The molecule has 1 aromatic heterocycles. The summed E-state index contributed by atoms with van der Waals surface area (Å²) >= 11 is 7.55. The van der Waals surface area contributed by atoms with E-state index in [0.29, 0.717) is 5.02 Å². The maximum absolute atomic E-state index is 12.3. The number of hydrogen-bond acceptors (Lipinski definition) is 4. The predicted octanol–water partition coefficient (Wildman–Crippen LogP) is 3.46. The molecule has 0 spiro atoms. The van der Waals surface area contributed by atoms with Gasteiger partial charge < -0.3 is 4.90 Å². The number of thiazole rings is 1. The van der Waals surface area contributed by atoms with Crippen molar-refractivity contribution in [2.45, 2.75) is 13.5 Å². The van der Waals surface area contributed by atoms with Crippen molar-refractivity contribution in [3.05, 3.63) is 57.0 Å². The molecule has 1 fully saturated rings. The first kappa shape index (κ1) is 17.1. The molecule has 1 aromatic carbocycles. The van der Waals surface area contributed by atoms with Gasteiger partial charge >= 0.3 is 0 Å². The summed E-state index contributed by atoms with van der Waals surface area (Å²) in [7, 11) is 0. The highest BCUT2D eigenvalue weighted by Gasteiger charge is 2.20. The maximum Gasteiger partial charge on any atom is 0.246 e. The SMILES string of the molecule is Cc1nc(CN2CCN(C(=O)/C=C/c3ccc(Cl)cc3)CC2)cs1. The molecule has 1 aliphatic rings. The molecule has 0 unspecified atom stereocenters. The third-order valence-electron chi connectivity index (χ3n) is 4.02. The van der Waals surface area contributed by atoms with Crippen LogP contribution in [-0.4, -0.2) is 46.9 Å². The molecule has 6 heteroatoms. The molecule has 126 valence electrons. The van der Waals surface area contributed by atoms with Crippen LogP contribution in [0.1, 0.15) is 16.3 Å². The standard InChI is InChI=1S/C18H20ClN3OS/c1-14-20-17(13-24-14)12-21-8-10-22(11-9-21)18(23)7-4-15-2-5-16(19)6-3-15/h2-7,13H,8-12H2,1H3/b7-4+. The van der Waals surface area contributed by atoms with E-state index in [-0.39, 0.29) is 5.91 Å². The lowest BCUT2D eigenvalue weighted by molar-refractivity contribution is -0.127. The van der Waals surface area contributed by atoms with E-state index in [1.54, 1.807) is 17.4 Å². The molecule has 1 amide bonds. The number of hydrogen-bond donors (Lipinski definition) is 0. The lowest BCUT2D eigenvalue weighted by Crippen LogP contribution is -2.47. The van der Waals surface area contributed by atoms with Gasteiger partial charge in [0.1, 0.15) is 0 Å². The Morgan fingerprint density at radius 2 is 1.96 bits per heavy atom. The second-order valence-electron chi connectivity index (χ2n) is 5.84. The second-order valence-corrected chi connectivity index (χ2v) is 7.34. The summed E-state index contributed by atoms with van der Waals surface area (Å²) in [6, 6.07) is 7.45. The molecule has 24 heavy (non-hydrogen) atoms. The third kappa shape index (κ3) is 4.66. The predicted molar refractivity (Wildman–Crippen MR) is 99.2 cm³/mol. The third-order valence-corrected chi connectivity index (χ3v) is 5.10. The summed E-state index contributed by atoms with van der Waals surface area (Å²) in [4.78, 5) is 21.0. The molecule has 1 aliphatic heterocycles. The fourth-order valence-corrected chi connectivity index (χ4v) is 3.41. The molecule has 0 N–H and O–H groups in total. The minimum Gasteiger partial charge on any atom is -0.337 e. The number of piperazine rings is 1. The maximum atomic E-state index is 12.3. The van der Waals surface area contributed by atoms with Gasteiger partial charge in [-0.1, -0.05) is 23.7 Å². The molecule has 2 aromatic rings. The molecule has 0 atom stereocenters. The summed E-state index contributed by atoms with van der Waals surface area (Å²) in [6.45, 7) is 6.18. The number of benzene rings is 1. The Hall–Kier alpha value is -1.69. The molecule has 0 saturated carbocycles. The van der Waals surface area contributed by atoms with E-state index in [9.17, 15) is 4.79 Å². The van der Waals surface area contributed by atoms with Crippen molar-refractivity contribution in [3.63, 3.8) is 0 Å². The number of halogens is 1. The Kier molecular flexibility index (Phi) is 5.66. The van der Waals surface area contributed by atoms with Crippen LogP contribution < -0.4 is 0 Å². The van der Waals surface area contributed by atoms with Crippen molar-refractivity contribution in [1.29, 1.82) is 0 Å². The lowest BCUT2D eigenvalue weighted by Gasteiger charge is -2.33. The van der Waals surface area contributed by atoms with Crippen molar-refractivity contribution in [3.8, 4) is 0 Å². The molecule has 3 rings (SSSR count). The van der Waals surface area contributed by atoms with Crippen LogP contribution in [0.3, 0.4) is 0 Å². The average Bonchev–Trinajstić information content (AvgIpc) is 2.99. The Morgan fingerprint density at radius 1 is 1.25 bits per heavy atom. The highest BCUT2D eigenvalue weighted by molar-refractivity contribution is 7.09. The molecule has 4 nitrogen and oxygen atoms in total. The van der Waals surface area contributed by atoms with Crippen LogP contribution in [0.5, 0.6) is 0 Å². The second kappa shape index (κ2) is 7.92. The van der Waals surface area contributed by atoms with Crippen LogP contribution in [0.25, 0.3) is 6.08 Å². The number of aromatic nitrogens is 1. The summed E-state index contributed by atoms with van der Waals surface area (Å²) in [5, 5.41) is 3.91. The Balaban J connectivity index is 1.48. The van der Waals surface area contributed by atoms with Gasteiger partial charge in [0.25, 0.3) is 0 Å². The zero-order valence-electron chi connectivity index (χ0n) is 13.6. The van der Waals surface area contributed by atoms with E-state index in [1.165, 1.54) is 0 Å². The smallest absolute Gasteiger partial charge is 0.246 e. The molecule has 2 heterocycles. The summed E-state index contributed by atoms with van der Waals surface area (Å²) in [6.07, 6.45) is 3.48. The van der Waals surface area contributed by atoms with Crippen LogP contribution in [0.2, 0.25) is 5.02 Å². The van der Waals surface area contributed by atoms with Gasteiger partial charge in [-0.15, -0.1) is 11.3 Å². The average molecular weight is 362 g/mol. The summed E-state index contributed by atoms with van der Waals surface area (Å²) < 4.78 is 0. The van der Waals surface area contributed by atoms with E-state index >= 15 is 0 Å². The van der Waals surface area contributed by atoms with E-state index in [2.05, 4.69) is 15.3 Å². The summed E-state index contributed by atoms with van der Waals surface area (Å²) in [5.41, 5.74) is 2.10. The van der Waals surface area contributed by atoms with Crippen LogP contribution >= 0.6 is 22.9 Å². The fourth-order valence-electron chi connectivity index (χ4n) is 2.68. The van der Waals surface area contributed by atoms with Crippen molar-refractivity contribution in [2.24, 2.45) is 0 Å².